The van der Waals surface area contributed by atoms with Crippen LogP contribution in [0.3, 0.4) is 0 Å². The van der Waals surface area contributed by atoms with Crippen molar-refractivity contribution in [3.8, 4) is 0 Å². The number of carbonyl (C=O) groups excluding carboxylic acids is 1. The minimum atomic E-state index is -0.945. The Bertz CT molecular complexity index is 1870. The van der Waals surface area contributed by atoms with E-state index < -0.39 is 23.3 Å². The van der Waals surface area contributed by atoms with Crippen molar-refractivity contribution in [2.45, 2.75) is 102 Å². The number of anilines is 2. The predicted octanol–water partition coefficient (Wildman–Crippen LogP) is 7.70. The first-order chi connectivity index (χ1) is 27.1. The number of aliphatic hydroxyl groups is 1. The maximum atomic E-state index is 15.0. The number of benzene rings is 3. The number of rotatable bonds is 17. The van der Waals surface area contributed by atoms with Gasteiger partial charge < -0.3 is 19.6 Å². The summed E-state index contributed by atoms with van der Waals surface area (Å²) in [5, 5.41) is 20.2. The summed E-state index contributed by atoms with van der Waals surface area (Å²) >= 11 is 1.73. The molecular formula is C43H55F2N7O3S. The van der Waals surface area contributed by atoms with Crippen LogP contribution >= 0.6 is 11.8 Å². The minimum absolute atomic E-state index is 0.0943. The number of nitrogens with zero attached hydrogens (tertiary/aromatic N) is 7. The molecule has 0 bridgehead atoms. The second kappa shape index (κ2) is 19.2. The van der Waals surface area contributed by atoms with Gasteiger partial charge >= 0.3 is 0 Å². The van der Waals surface area contributed by atoms with Gasteiger partial charge in [0.1, 0.15) is 29.9 Å². The van der Waals surface area contributed by atoms with Crippen molar-refractivity contribution in [3.63, 3.8) is 0 Å². The Morgan fingerprint density at radius 2 is 1.71 bits per heavy atom. The first kappa shape index (κ1) is 41.3. The van der Waals surface area contributed by atoms with Crippen LogP contribution in [-0.4, -0.2) is 87.2 Å². The zero-order valence-electron chi connectivity index (χ0n) is 32.9. The zero-order valence-corrected chi connectivity index (χ0v) is 33.8. The van der Waals surface area contributed by atoms with Crippen LogP contribution in [0.1, 0.15) is 70.9 Å². The highest BCUT2D eigenvalue weighted by Gasteiger charge is 2.44. The van der Waals surface area contributed by atoms with Crippen molar-refractivity contribution in [2.24, 2.45) is 11.0 Å². The SMILES string of the molecule is CCC(CC=NN(C(C)=O)C(CC)C(C)O)Cc1ccc(N2CCN(c3ccc(SCC4CCC(Cn5cncn5)(c5ccc(F)cc5F)O4)cc3)CC2)cc1. The number of ether oxygens (including phenoxy) is 1. The third-order valence-corrected chi connectivity index (χ3v) is 12.3. The molecule has 6 rings (SSSR count). The molecule has 2 saturated heterocycles. The molecule has 2 aliphatic heterocycles. The van der Waals surface area contributed by atoms with E-state index in [2.05, 4.69) is 80.4 Å². The second-order valence-electron chi connectivity index (χ2n) is 15.0. The van der Waals surface area contributed by atoms with Gasteiger partial charge in [-0.2, -0.15) is 10.2 Å². The second-order valence-corrected chi connectivity index (χ2v) is 16.1. The molecule has 300 valence electrons. The van der Waals surface area contributed by atoms with Crippen molar-refractivity contribution < 1.29 is 23.4 Å². The summed E-state index contributed by atoms with van der Waals surface area (Å²) in [6.07, 6.45) is 8.84. The fourth-order valence-corrected chi connectivity index (χ4v) is 8.86. The molecule has 4 aromatic rings. The van der Waals surface area contributed by atoms with Crippen LogP contribution in [0.15, 0.2) is 89.4 Å². The highest BCUT2D eigenvalue weighted by molar-refractivity contribution is 7.99. The molecule has 56 heavy (non-hydrogen) atoms. The molecule has 0 radical (unpaired) electrons. The predicted molar refractivity (Wildman–Crippen MR) is 219 cm³/mol. The first-order valence-electron chi connectivity index (χ1n) is 19.8. The summed E-state index contributed by atoms with van der Waals surface area (Å²) in [7, 11) is 0. The Hall–Kier alpha value is -4.33. The van der Waals surface area contributed by atoms with E-state index in [1.807, 2.05) is 13.1 Å². The van der Waals surface area contributed by atoms with E-state index in [4.69, 9.17) is 4.74 Å². The number of amides is 1. The number of piperazine rings is 1. The number of hydrogen-bond donors (Lipinski definition) is 1. The number of aliphatic hydroxyl groups excluding tert-OH is 1. The van der Waals surface area contributed by atoms with Gasteiger partial charge in [-0.3, -0.25) is 4.79 Å². The van der Waals surface area contributed by atoms with E-state index in [0.717, 1.165) is 68.6 Å². The molecule has 1 N–H and O–H groups in total. The largest absolute Gasteiger partial charge is 0.391 e. The molecule has 13 heteroatoms. The molecule has 3 aromatic carbocycles. The van der Waals surface area contributed by atoms with Crippen molar-refractivity contribution >= 4 is 35.3 Å². The molecule has 5 atom stereocenters. The van der Waals surface area contributed by atoms with Crippen LogP contribution in [-0.2, 0) is 28.1 Å². The van der Waals surface area contributed by atoms with Gasteiger partial charge in [0.2, 0.25) is 5.91 Å². The summed E-state index contributed by atoms with van der Waals surface area (Å²) in [5.41, 5.74) is 3.13. The third-order valence-electron chi connectivity index (χ3n) is 11.1. The monoisotopic (exact) mass is 787 g/mol. The van der Waals surface area contributed by atoms with Crippen molar-refractivity contribution in [3.05, 3.63) is 102 Å². The highest BCUT2D eigenvalue weighted by Crippen LogP contribution is 2.43. The van der Waals surface area contributed by atoms with Gasteiger partial charge in [0.15, 0.2) is 0 Å². The number of carbonyl (C=O) groups is 1. The topological polar surface area (TPSA) is 99.3 Å². The van der Waals surface area contributed by atoms with E-state index >= 15 is 4.39 Å². The van der Waals surface area contributed by atoms with Crippen molar-refractivity contribution in [1.29, 1.82) is 0 Å². The van der Waals surface area contributed by atoms with Gasteiger partial charge in [-0.1, -0.05) is 38.5 Å². The van der Waals surface area contributed by atoms with Crippen LogP contribution in [0.5, 0.6) is 0 Å². The van der Waals surface area contributed by atoms with Gasteiger partial charge in [-0.05, 0) is 93.0 Å². The molecule has 1 aromatic heterocycles. The van der Waals surface area contributed by atoms with Crippen LogP contribution in [0.25, 0.3) is 0 Å². The standard InChI is InChI=1S/C43H55F2N7O3S/c1-5-33(18-20-47-52(32(4)54)42(6-2)31(3)53)25-34-7-10-36(11-8-34)49-21-23-50(24-22-49)37-12-14-39(15-13-37)56-27-38-17-19-43(55-38,28-51-30-46-29-48-51)40-16-9-35(44)26-41(40)45/h7-16,20,26,29-31,33,38,42,53H,5-6,17-19,21-25,27-28H2,1-4H3. The summed E-state index contributed by atoms with van der Waals surface area (Å²) < 4.78 is 37.0. The fourth-order valence-electron chi connectivity index (χ4n) is 7.92. The van der Waals surface area contributed by atoms with E-state index in [1.165, 1.54) is 47.3 Å². The lowest BCUT2D eigenvalue weighted by atomic mass is 9.90. The van der Waals surface area contributed by atoms with Gasteiger partial charge in [0, 0.05) is 73.0 Å². The fraction of sp³-hybridized carbons (Fsp3) is 0.488. The molecule has 0 saturated carbocycles. The van der Waals surface area contributed by atoms with Crippen LogP contribution in [0.2, 0.25) is 0 Å². The summed E-state index contributed by atoms with van der Waals surface area (Å²) in [5.74, 6) is -0.254. The highest BCUT2D eigenvalue weighted by atomic mass is 32.2. The van der Waals surface area contributed by atoms with E-state index in [-0.39, 0.29) is 18.1 Å². The number of halogens is 2. The summed E-state index contributed by atoms with van der Waals surface area (Å²) in [6, 6.07) is 21.0. The quantitative estimate of drug-likeness (QED) is 0.0661. The Kier molecular flexibility index (Phi) is 14.2. The van der Waals surface area contributed by atoms with E-state index in [1.54, 1.807) is 29.7 Å². The maximum Gasteiger partial charge on any atom is 0.239 e. The molecule has 2 fully saturated rings. The zero-order chi connectivity index (χ0) is 39.7. The lowest BCUT2D eigenvalue weighted by Gasteiger charge is -2.37. The molecule has 5 unspecified atom stereocenters. The summed E-state index contributed by atoms with van der Waals surface area (Å²) in [4.78, 5) is 22.2. The van der Waals surface area contributed by atoms with Crippen molar-refractivity contribution in [1.82, 2.24) is 19.8 Å². The molecule has 0 spiro atoms. The van der Waals surface area contributed by atoms with Gasteiger partial charge in [-0.25, -0.2) is 23.5 Å². The average molecular weight is 788 g/mol. The first-order valence-corrected chi connectivity index (χ1v) is 20.8. The molecule has 3 heterocycles. The summed E-state index contributed by atoms with van der Waals surface area (Å²) in [6.45, 7) is 11.4. The lowest BCUT2D eigenvalue weighted by molar-refractivity contribution is -0.133. The maximum absolute atomic E-state index is 15.0. The Morgan fingerprint density at radius 1 is 1.04 bits per heavy atom. The van der Waals surface area contributed by atoms with Crippen LogP contribution in [0, 0.1) is 17.6 Å². The van der Waals surface area contributed by atoms with Crippen LogP contribution < -0.4 is 9.80 Å². The molecular weight excluding hydrogens is 733 g/mol. The van der Waals surface area contributed by atoms with Crippen molar-refractivity contribution in [2.75, 3.05) is 41.7 Å². The lowest BCUT2D eigenvalue weighted by Crippen LogP contribution is -2.46. The molecule has 1 amide bonds. The number of hydrazone groups is 1. The number of thioether (sulfide) groups is 1. The Labute approximate surface area is 333 Å². The van der Waals surface area contributed by atoms with Crippen LogP contribution in [0.4, 0.5) is 20.2 Å². The van der Waals surface area contributed by atoms with Gasteiger partial charge in [0.25, 0.3) is 0 Å². The average Bonchev–Trinajstić information content (AvgIpc) is 3.87. The number of hydrogen-bond acceptors (Lipinski definition) is 9. The molecule has 0 aliphatic carbocycles. The Morgan fingerprint density at radius 3 is 2.29 bits per heavy atom. The smallest absolute Gasteiger partial charge is 0.239 e. The third kappa shape index (κ3) is 10.3. The molecule has 10 nitrogen and oxygen atoms in total. The normalized spacial score (nSPS) is 20.4. The van der Waals surface area contributed by atoms with E-state index in [0.29, 0.717) is 30.9 Å². The number of aromatic nitrogens is 3. The molecule has 2 aliphatic rings. The van der Waals surface area contributed by atoms with Gasteiger partial charge in [0.05, 0.1) is 24.8 Å². The minimum Gasteiger partial charge on any atom is -0.391 e. The van der Waals surface area contributed by atoms with Gasteiger partial charge in [-0.15, -0.1) is 11.8 Å². The Balaban J connectivity index is 0.965. The van der Waals surface area contributed by atoms with E-state index in [9.17, 15) is 14.3 Å².